The first-order valence-corrected chi connectivity index (χ1v) is 10.4. The summed E-state index contributed by atoms with van der Waals surface area (Å²) in [6.45, 7) is 6.34. The van der Waals surface area contributed by atoms with Crippen LogP contribution in [-0.4, -0.2) is 44.3 Å². The van der Waals surface area contributed by atoms with Gasteiger partial charge >= 0.3 is 6.09 Å². The van der Waals surface area contributed by atoms with E-state index in [2.05, 4.69) is 4.98 Å². The Hall–Kier alpha value is -2.58. The van der Waals surface area contributed by atoms with E-state index in [0.717, 1.165) is 12.0 Å². The number of aromatic amines is 1. The quantitative estimate of drug-likeness (QED) is 0.650. The zero-order chi connectivity index (χ0) is 22.1. The van der Waals surface area contributed by atoms with Gasteiger partial charge in [0.05, 0.1) is 5.69 Å². The fourth-order valence-corrected chi connectivity index (χ4v) is 3.61. The van der Waals surface area contributed by atoms with Gasteiger partial charge in [0.2, 0.25) is 5.88 Å². The summed E-state index contributed by atoms with van der Waals surface area (Å²) in [4.78, 5) is 29.1. The number of benzene rings is 1. The molecule has 1 aromatic carbocycles. The van der Waals surface area contributed by atoms with Gasteiger partial charge in [-0.1, -0.05) is 11.6 Å². The SMILES string of the molecule is CC(C)(C)OC(=O)N1CCCC(=Cc2c(O)n(-c3ccc(Cl)cc3)c(=S)[nH]c2=O)C1. The average Bonchev–Trinajstić information content (AvgIpc) is 2.65. The van der Waals surface area contributed by atoms with Gasteiger partial charge in [-0.15, -0.1) is 0 Å². The van der Waals surface area contributed by atoms with E-state index in [0.29, 0.717) is 30.2 Å². The van der Waals surface area contributed by atoms with Gasteiger partial charge in [-0.25, -0.2) is 4.79 Å². The molecule has 0 saturated carbocycles. The Labute approximate surface area is 184 Å². The lowest BCUT2D eigenvalue weighted by molar-refractivity contribution is 0.0247. The Morgan fingerprint density at radius 2 is 1.97 bits per heavy atom. The molecule has 1 aliphatic heterocycles. The molecule has 1 amide bonds. The van der Waals surface area contributed by atoms with Gasteiger partial charge < -0.3 is 14.7 Å². The van der Waals surface area contributed by atoms with Crippen LogP contribution >= 0.6 is 23.8 Å². The maximum absolute atomic E-state index is 12.5. The van der Waals surface area contributed by atoms with Crippen molar-refractivity contribution in [1.82, 2.24) is 14.5 Å². The number of hydrogen-bond donors (Lipinski definition) is 2. The smallest absolute Gasteiger partial charge is 0.410 e. The number of aromatic nitrogens is 2. The molecule has 0 bridgehead atoms. The van der Waals surface area contributed by atoms with Crippen molar-refractivity contribution in [1.29, 1.82) is 0 Å². The van der Waals surface area contributed by atoms with Crippen molar-refractivity contribution in [2.24, 2.45) is 0 Å². The molecule has 3 rings (SSSR count). The number of hydrogen-bond acceptors (Lipinski definition) is 5. The summed E-state index contributed by atoms with van der Waals surface area (Å²) in [5.74, 6) is -0.270. The number of halogens is 1. The Kier molecular flexibility index (Phi) is 6.38. The van der Waals surface area contributed by atoms with Crippen LogP contribution in [0, 0.1) is 4.77 Å². The van der Waals surface area contributed by atoms with Crippen molar-refractivity contribution < 1.29 is 14.6 Å². The minimum absolute atomic E-state index is 0.0704. The van der Waals surface area contributed by atoms with Gasteiger partial charge in [-0.2, -0.15) is 0 Å². The third kappa shape index (κ3) is 5.12. The predicted molar refractivity (Wildman–Crippen MR) is 119 cm³/mol. The second kappa shape index (κ2) is 8.65. The molecule has 160 valence electrons. The minimum Gasteiger partial charge on any atom is -0.494 e. The molecule has 0 radical (unpaired) electrons. The standard InChI is InChI=1S/C21H24ClN3O4S/c1-21(2,3)29-20(28)24-10-4-5-13(12-24)11-16-17(26)23-19(30)25(18(16)27)15-8-6-14(22)7-9-15/h6-9,11,27H,4-5,10,12H2,1-3H3,(H,23,26,30). The first-order valence-electron chi connectivity index (χ1n) is 9.57. The molecular weight excluding hydrogens is 426 g/mol. The first-order chi connectivity index (χ1) is 14.0. The fourth-order valence-electron chi connectivity index (χ4n) is 3.20. The number of ether oxygens (including phenoxy) is 1. The summed E-state index contributed by atoms with van der Waals surface area (Å²) < 4.78 is 6.88. The van der Waals surface area contributed by atoms with Crippen LogP contribution in [0.5, 0.6) is 5.88 Å². The molecule has 0 aliphatic carbocycles. The van der Waals surface area contributed by atoms with E-state index in [1.54, 1.807) is 35.2 Å². The van der Waals surface area contributed by atoms with Gasteiger partial charge in [-0.05, 0) is 81.7 Å². The van der Waals surface area contributed by atoms with Gasteiger partial charge in [0.15, 0.2) is 4.77 Å². The highest BCUT2D eigenvalue weighted by atomic mass is 35.5. The van der Waals surface area contributed by atoms with Crippen molar-refractivity contribution in [3.8, 4) is 11.6 Å². The van der Waals surface area contributed by atoms with Crippen LogP contribution in [0.15, 0.2) is 34.6 Å². The summed E-state index contributed by atoms with van der Waals surface area (Å²) in [7, 11) is 0. The van der Waals surface area contributed by atoms with Crippen LogP contribution in [0.1, 0.15) is 39.2 Å². The van der Waals surface area contributed by atoms with Crippen LogP contribution in [0.25, 0.3) is 11.8 Å². The normalized spacial score (nSPS) is 16.0. The predicted octanol–water partition coefficient (Wildman–Crippen LogP) is 4.67. The molecule has 9 heteroatoms. The Morgan fingerprint density at radius 1 is 1.30 bits per heavy atom. The van der Waals surface area contributed by atoms with Gasteiger partial charge in [0.1, 0.15) is 11.2 Å². The monoisotopic (exact) mass is 449 g/mol. The van der Waals surface area contributed by atoms with E-state index in [-0.39, 0.29) is 16.2 Å². The lowest BCUT2D eigenvalue weighted by Gasteiger charge is -2.31. The highest BCUT2D eigenvalue weighted by Gasteiger charge is 2.25. The zero-order valence-electron chi connectivity index (χ0n) is 17.1. The fraction of sp³-hybridized carbons (Fsp3) is 0.381. The molecule has 1 aliphatic rings. The lowest BCUT2D eigenvalue weighted by Crippen LogP contribution is -2.40. The number of H-pyrrole nitrogens is 1. The molecule has 2 heterocycles. The molecule has 1 saturated heterocycles. The Balaban J connectivity index is 1.96. The third-order valence-corrected chi connectivity index (χ3v) is 5.06. The van der Waals surface area contributed by atoms with Gasteiger partial charge in [0.25, 0.3) is 5.56 Å². The molecule has 30 heavy (non-hydrogen) atoms. The average molecular weight is 450 g/mol. The van der Waals surface area contributed by atoms with E-state index in [4.69, 9.17) is 28.6 Å². The molecule has 0 unspecified atom stereocenters. The molecule has 1 aromatic heterocycles. The third-order valence-electron chi connectivity index (χ3n) is 4.53. The number of carbonyl (C=O) groups excluding carboxylic acids is 1. The molecule has 1 fully saturated rings. The number of aromatic hydroxyl groups is 1. The van der Waals surface area contributed by atoms with Crippen molar-refractivity contribution in [3.05, 3.63) is 55.5 Å². The number of nitrogens with one attached hydrogen (secondary N) is 1. The van der Waals surface area contributed by atoms with Gasteiger partial charge in [0, 0.05) is 18.1 Å². The molecule has 0 spiro atoms. The maximum atomic E-state index is 12.5. The molecule has 7 nitrogen and oxygen atoms in total. The first kappa shape index (κ1) is 22.1. The second-order valence-electron chi connectivity index (χ2n) is 8.12. The van der Waals surface area contributed by atoms with E-state index in [1.807, 2.05) is 20.8 Å². The minimum atomic E-state index is -0.586. The highest BCUT2D eigenvalue weighted by Crippen LogP contribution is 2.25. The summed E-state index contributed by atoms with van der Waals surface area (Å²) in [5.41, 5.74) is 0.408. The van der Waals surface area contributed by atoms with Crippen molar-refractivity contribution in [2.45, 2.75) is 39.2 Å². The molecule has 0 atom stereocenters. The molecule has 2 N–H and O–H groups in total. The van der Waals surface area contributed by atoms with E-state index >= 15 is 0 Å². The van der Waals surface area contributed by atoms with Crippen LogP contribution in [0.2, 0.25) is 5.02 Å². The maximum Gasteiger partial charge on any atom is 0.410 e. The van der Waals surface area contributed by atoms with E-state index in [1.165, 1.54) is 4.57 Å². The largest absolute Gasteiger partial charge is 0.494 e. The van der Waals surface area contributed by atoms with Crippen LogP contribution < -0.4 is 5.56 Å². The number of amides is 1. The number of rotatable bonds is 2. The topological polar surface area (TPSA) is 87.6 Å². The van der Waals surface area contributed by atoms with Crippen LogP contribution in [0.4, 0.5) is 4.79 Å². The summed E-state index contributed by atoms with van der Waals surface area (Å²) in [5, 5.41) is 11.4. The van der Waals surface area contributed by atoms with Crippen molar-refractivity contribution >= 4 is 36.0 Å². The number of piperidine rings is 1. The Morgan fingerprint density at radius 3 is 2.60 bits per heavy atom. The number of likely N-dealkylation sites (tertiary alicyclic amines) is 1. The molecular formula is C21H24ClN3O4S. The lowest BCUT2D eigenvalue weighted by atomic mass is 10.0. The van der Waals surface area contributed by atoms with E-state index < -0.39 is 17.3 Å². The zero-order valence-corrected chi connectivity index (χ0v) is 18.6. The number of carbonyl (C=O) groups is 1. The van der Waals surface area contributed by atoms with E-state index in [9.17, 15) is 14.7 Å². The second-order valence-corrected chi connectivity index (χ2v) is 8.94. The Bertz CT molecular complexity index is 1100. The highest BCUT2D eigenvalue weighted by molar-refractivity contribution is 7.71. The summed E-state index contributed by atoms with van der Waals surface area (Å²) in [6, 6.07) is 6.72. The summed E-state index contributed by atoms with van der Waals surface area (Å²) in [6.07, 6.45) is 2.66. The van der Waals surface area contributed by atoms with Gasteiger partial charge in [-0.3, -0.25) is 14.3 Å². The van der Waals surface area contributed by atoms with Crippen molar-refractivity contribution in [2.75, 3.05) is 13.1 Å². The number of nitrogens with zero attached hydrogens (tertiary/aromatic N) is 2. The van der Waals surface area contributed by atoms with Crippen molar-refractivity contribution in [3.63, 3.8) is 0 Å². The van der Waals surface area contributed by atoms with Crippen LogP contribution in [-0.2, 0) is 4.74 Å². The summed E-state index contributed by atoms with van der Waals surface area (Å²) >= 11 is 11.2. The molecule has 2 aromatic rings. The van der Waals surface area contributed by atoms with Crippen LogP contribution in [0.3, 0.4) is 0 Å².